The minimum absolute atomic E-state index is 0.0874. The van der Waals surface area contributed by atoms with Crippen molar-refractivity contribution in [3.63, 3.8) is 0 Å². The Balaban J connectivity index is 1.67. The van der Waals surface area contributed by atoms with Gasteiger partial charge in [-0.2, -0.15) is 0 Å². The number of nitrogens with two attached hydrogens (primary N) is 1. The molecule has 1 aliphatic carbocycles. The Hall–Kier alpha value is -2.36. The number of halogens is 1. The Morgan fingerprint density at radius 3 is 2.14 bits per heavy atom. The molecule has 1 aromatic carbocycles. The summed E-state index contributed by atoms with van der Waals surface area (Å²) in [7, 11) is 3.45. The number of aliphatic hydroxyl groups is 1. The first kappa shape index (κ1) is 32.6. The van der Waals surface area contributed by atoms with Gasteiger partial charge in [0.1, 0.15) is 6.23 Å². The highest BCUT2D eigenvalue weighted by Crippen LogP contribution is 2.42. The molecule has 5 atom stereocenters. The van der Waals surface area contributed by atoms with Crippen LogP contribution in [0.3, 0.4) is 0 Å². The topological polar surface area (TPSA) is 110 Å². The number of carbonyl (C=O) groups is 3. The van der Waals surface area contributed by atoms with Crippen molar-refractivity contribution in [2.24, 2.45) is 22.5 Å². The highest BCUT2D eigenvalue weighted by atomic mass is 35.5. The Kier molecular flexibility index (Phi) is 9.55. The summed E-state index contributed by atoms with van der Waals surface area (Å²) in [5.74, 6) is -0.578. The van der Waals surface area contributed by atoms with E-state index in [1.807, 2.05) is 37.8 Å². The molecule has 2 heterocycles. The van der Waals surface area contributed by atoms with Gasteiger partial charge in [0.05, 0.1) is 6.04 Å². The van der Waals surface area contributed by atoms with Crippen LogP contribution in [0.25, 0.3) is 0 Å². The molecule has 1 aromatic rings. The van der Waals surface area contributed by atoms with E-state index in [1.54, 1.807) is 36.0 Å². The smallest absolute Gasteiger partial charge is 0.314 e. The summed E-state index contributed by atoms with van der Waals surface area (Å²) in [6.45, 7) is 11.4. The number of carbonyl (C=O) groups excluding carboxylic acids is 3. The van der Waals surface area contributed by atoms with Gasteiger partial charge in [-0.1, -0.05) is 58.4 Å². The standard InChI is InChI=1S/C32H50ClN5O4/c1-31(2,3)29(41)38(22-12-14-32(4,5)15-13-22)23-16-26(28(40)35(6)7)37(17-23)27(39)25-19-36(30(34)42)18-24(25)20-8-10-21(33)11-9-20/h8-11,22-27,39H,12-19H2,1-7H3,(H2,34,42)/t23-,24-,25+,26-,27?/m0/s1. The molecule has 4 amide bonds. The molecule has 0 bridgehead atoms. The van der Waals surface area contributed by atoms with Crippen molar-refractivity contribution < 1.29 is 19.5 Å². The van der Waals surface area contributed by atoms with Crippen molar-refractivity contribution in [2.75, 3.05) is 33.7 Å². The zero-order valence-electron chi connectivity index (χ0n) is 26.3. The summed E-state index contributed by atoms with van der Waals surface area (Å²) in [6.07, 6.45) is 3.36. The summed E-state index contributed by atoms with van der Waals surface area (Å²) in [5, 5.41) is 12.7. The number of aliphatic hydroxyl groups excluding tert-OH is 1. The van der Waals surface area contributed by atoms with Gasteiger partial charge in [0.25, 0.3) is 0 Å². The van der Waals surface area contributed by atoms with Gasteiger partial charge in [-0.25, -0.2) is 4.79 Å². The van der Waals surface area contributed by atoms with E-state index in [-0.39, 0.29) is 47.7 Å². The molecule has 0 radical (unpaired) electrons. The molecule has 2 aliphatic heterocycles. The van der Waals surface area contributed by atoms with Gasteiger partial charge in [-0.3, -0.25) is 14.5 Å². The van der Waals surface area contributed by atoms with Crippen LogP contribution >= 0.6 is 11.6 Å². The predicted octanol–water partition coefficient (Wildman–Crippen LogP) is 4.13. The van der Waals surface area contributed by atoms with Gasteiger partial charge in [-0.05, 0) is 55.2 Å². The van der Waals surface area contributed by atoms with Crippen LogP contribution in [-0.4, -0.2) is 101 Å². The predicted molar refractivity (Wildman–Crippen MR) is 165 cm³/mol. The average molecular weight is 604 g/mol. The third-order valence-corrected chi connectivity index (χ3v) is 9.96. The molecule has 2 saturated heterocycles. The highest BCUT2D eigenvalue weighted by Gasteiger charge is 2.51. The van der Waals surface area contributed by atoms with Gasteiger partial charge in [0.15, 0.2) is 0 Å². The zero-order chi connectivity index (χ0) is 31.1. The number of primary amides is 1. The van der Waals surface area contributed by atoms with E-state index >= 15 is 0 Å². The lowest BCUT2D eigenvalue weighted by Crippen LogP contribution is -2.54. The normalized spacial score (nSPS) is 27.6. The molecule has 1 saturated carbocycles. The SMILES string of the molecule is CN(C)C(=O)[C@@H]1C[C@H](N(C(=O)C(C)(C)C)C2CCC(C)(C)CC2)CN1C(O)[C@@H]1CN(C(N)=O)C[C@H]1c1ccc(Cl)cc1. The van der Waals surface area contributed by atoms with Crippen molar-refractivity contribution in [1.29, 1.82) is 0 Å². The fourth-order valence-electron chi connectivity index (χ4n) is 7.17. The van der Waals surface area contributed by atoms with E-state index in [4.69, 9.17) is 17.3 Å². The van der Waals surface area contributed by atoms with E-state index in [9.17, 15) is 19.5 Å². The second-order valence-corrected chi connectivity index (χ2v) is 15.1. The molecule has 3 N–H and O–H groups in total. The summed E-state index contributed by atoms with van der Waals surface area (Å²) in [6, 6.07) is 6.20. The molecule has 1 unspecified atom stereocenters. The fraction of sp³-hybridized carbons (Fsp3) is 0.719. The quantitative estimate of drug-likeness (QED) is 0.508. The molecular weight excluding hydrogens is 554 g/mol. The van der Waals surface area contributed by atoms with E-state index in [1.165, 1.54) is 0 Å². The first-order valence-corrected chi connectivity index (χ1v) is 15.7. The number of nitrogens with zero attached hydrogens (tertiary/aromatic N) is 4. The molecule has 42 heavy (non-hydrogen) atoms. The van der Waals surface area contributed by atoms with Crippen molar-refractivity contribution in [3.05, 3.63) is 34.9 Å². The van der Waals surface area contributed by atoms with Crippen LogP contribution in [0.5, 0.6) is 0 Å². The maximum Gasteiger partial charge on any atom is 0.314 e. The Morgan fingerprint density at radius 2 is 1.62 bits per heavy atom. The minimum Gasteiger partial charge on any atom is -0.378 e. The molecule has 3 fully saturated rings. The monoisotopic (exact) mass is 603 g/mol. The highest BCUT2D eigenvalue weighted by molar-refractivity contribution is 6.30. The molecule has 234 valence electrons. The summed E-state index contributed by atoms with van der Waals surface area (Å²) >= 11 is 6.15. The Labute approximate surface area is 256 Å². The zero-order valence-corrected chi connectivity index (χ0v) is 27.1. The van der Waals surface area contributed by atoms with Crippen LogP contribution in [-0.2, 0) is 9.59 Å². The van der Waals surface area contributed by atoms with Gasteiger partial charge in [0.2, 0.25) is 11.8 Å². The molecule has 4 rings (SSSR count). The second kappa shape index (κ2) is 12.3. The number of hydrogen-bond donors (Lipinski definition) is 2. The maximum atomic E-state index is 14.0. The van der Waals surface area contributed by atoms with Crippen molar-refractivity contribution in [1.82, 2.24) is 19.6 Å². The summed E-state index contributed by atoms with van der Waals surface area (Å²) in [5.41, 5.74) is 6.32. The van der Waals surface area contributed by atoms with E-state index in [2.05, 4.69) is 18.7 Å². The van der Waals surface area contributed by atoms with E-state index in [0.717, 1.165) is 31.2 Å². The van der Waals surface area contributed by atoms with E-state index < -0.39 is 23.7 Å². The van der Waals surface area contributed by atoms with E-state index in [0.29, 0.717) is 24.5 Å². The molecule has 0 spiro atoms. The van der Waals surface area contributed by atoms with Crippen LogP contribution in [0, 0.1) is 16.7 Å². The Morgan fingerprint density at radius 1 is 1.02 bits per heavy atom. The number of likely N-dealkylation sites (N-methyl/N-ethyl adjacent to an activating group) is 1. The first-order chi connectivity index (χ1) is 19.5. The summed E-state index contributed by atoms with van der Waals surface area (Å²) < 4.78 is 0. The van der Waals surface area contributed by atoms with Gasteiger partial charge in [0, 0.05) is 68.1 Å². The lowest BCUT2D eigenvalue weighted by molar-refractivity contribution is -0.146. The minimum atomic E-state index is -1.02. The van der Waals surface area contributed by atoms with Gasteiger partial charge < -0.3 is 25.5 Å². The molecule has 3 aliphatic rings. The Bertz CT molecular complexity index is 1140. The third-order valence-electron chi connectivity index (χ3n) is 9.71. The fourth-order valence-corrected chi connectivity index (χ4v) is 7.30. The summed E-state index contributed by atoms with van der Waals surface area (Å²) in [4.78, 5) is 46.9. The van der Waals surface area contributed by atoms with Gasteiger partial charge in [-0.15, -0.1) is 0 Å². The van der Waals surface area contributed by atoms with Crippen LogP contribution in [0.15, 0.2) is 24.3 Å². The number of hydrogen-bond acceptors (Lipinski definition) is 5. The lowest BCUT2D eigenvalue weighted by Gasteiger charge is -2.45. The van der Waals surface area contributed by atoms with Crippen LogP contribution < -0.4 is 5.73 Å². The average Bonchev–Trinajstić information content (AvgIpc) is 3.54. The maximum absolute atomic E-state index is 14.0. The molecule has 0 aromatic heterocycles. The number of amides is 4. The number of urea groups is 1. The van der Waals surface area contributed by atoms with Gasteiger partial charge >= 0.3 is 6.03 Å². The lowest BCUT2D eigenvalue weighted by atomic mass is 9.74. The number of rotatable bonds is 6. The molecule has 9 nitrogen and oxygen atoms in total. The first-order valence-electron chi connectivity index (χ1n) is 15.3. The van der Waals surface area contributed by atoms with Crippen molar-refractivity contribution in [3.8, 4) is 0 Å². The van der Waals surface area contributed by atoms with Crippen LogP contribution in [0.1, 0.15) is 78.2 Å². The second-order valence-electron chi connectivity index (χ2n) is 14.7. The largest absolute Gasteiger partial charge is 0.378 e. The van der Waals surface area contributed by atoms with Crippen LogP contribution in [0.4, 0.5) is 4.79 Å². The van der Waals surface area contributed by atoms with Crippen molar-refractivity contribution >= 4 is 29.4 Å². The number of likely N-dealkylation sites (tertiary alicyclic amines) is 2. The van der Waals surface area contributed by atoms with Crippen LogP contribution in [0.2, 0.25) is 5.02 Å². The van der Waals surface area contributed by atoms with Crippen molar-refractivity contribution in [2.45, 2.75) is 97.0 Å². The number of benzene rings is 1. The molecule has 10 heteroatoms. The third kappa shape index (κ3) is 6.89. The molecular formula is C32H50ClN5O4.